The molecule has 0 bridgehead atoms. The van der Waals surface area contributed by atoms with Crippen LogP contribution < -0.4 is 10.6 Å². The van der Waals surface area contributed by atoms with E-state index < -0.39 is 0 Å². The Hall–Kier alpha value is -2.71. The monoisotopic (exact) mass is 426 g/mol. The summed E-state index contributed by atoms with van der Waals surface area (Å²) in [6.07, 6.45) is 0.661. The zero-order chi connectivity index (χ0) is 20.8. The van der Waals surface area contributed by atoms with Crippen molar-refractivity contribution in [3.8, 4) is 0 Å². The van der Waals surface area contributed by atoms with Crippen molar-refractivity contribution in [3.63, 3.8) is 0 Å². The van der Waals surface area contributed by atoms with Gasteiger partial charge < -0.3 is 5.32 Å². The summed E-state index contributed by atoms with van der Waals surface area (Å²) >= 11 is 2.80. The predicted octanol–water partition coefficient (Wildman–Crippen LogP) is 4.92. The molecule has 3 aromatic rings. The van der Waals surface area contributed by atoms with Gasteiger partial charge in [-0.05, 0) is 50.1 Å². The lowest BCUT2D eigenvalue weighted by atomic mass is 10.1. The van der Waals surface area contributed by atoms with Crippen LogP contribution in [0.5, 0.6) is 0 Å². The van der Waals surface area contributed by atoms with Crippen LogP contribution in [0.1, 0.15) is 34.3 Å². The Labute approximate surface area is 178 Å². The fourth-order valence-corrected chi connectivity index (χ4v) is 4.30. The molecule has 150 valence electrons. The average molecular weight is 427 g/mol. The van der Waals surface area contributed by atoms with Gasteiger partial charge in [-0.1, -0.05) is 42.5 Å². The third-order valence-corrected chi connectivity index (χ3v) is 6.29. The second-order valence-electron chi connectivity index (χ2n) is 6.43. The molecule has 2 N–H and O–H groups in total. The number of aryl methyl sites for hydroxylation is 2. The molecule has 1 unspecified atom stereocenters. The standard InChI is InChI=1S/C21H22N4O2S2/c1-4-18(20(27)23-21-25-24-14(3)28-21)29-16-10-7-9-15(12-16)22-19(26)17-11-6-5-8-13(17)2/h5-12,18H,4H2,1-3H3,(H,22,26)(H,23,25,27). The molecule has 8 heteroatoms. The fourth-order valence-electron chi connectivity index (χ4n) is 2.69. The summed E-state index contributed by atoms with van der Waals surface area (Å²) in [6, 6.07) is 15.0. The summed E-state index contributed by atoms with van der Waals surface area (Å²) in [7, 11) is 0. The molecule has 0 aliphatic rings. The molecule has 1 heterocycles. The fraction of sp³-hybridized carbons (Fsp3) is 0.238. The maximum atomic E-state index is 12.6. The number of amides is 2. The Morgan fingerprint density at radius 1 is 1.07 bits per heavy atom. The van der Waals surface area contributed by atoms with E-state index in [0.717, 1.165) is 15.5 Å². The summed E-state index contributed by atoms with van der Waals surface area (Å²) < 4.78 is 0. The van der Waals surface area contributed by atoms with Gasteiger partial charge in [-0.2, -0.15) is 0 Å². The number of benzene rings is 2. The topological polar surface area (TPSA) is 84.0 Å². The highest BCUT2D eigenvalue weighted by molar-refractivity contribution is 8.00. The van der Waals surface area contributed by atoms with Crippen LogP contribution in [0.15, 0.2) is 53.4 Å². The van der Waals surface area contributed by atoms with E-state index in [1.165, 1.54) is 23.1 Å². The highest BCUT2D eigenvalue weighted by atomic mass is 32.2. The number of carbonyl (C=O) groups excluding carboxylic acids is 2. The number of hydrogen-bond acceptors (Lipinski definition) is 6. The van der Waals surface area contributed by atoms with E-state index in [4.69, 9.17) is 0 Å². The number of nitrogens with zero attached hydrogens (tertiary/aromatic N) is 2. The minimum atomic E-state index is -0.276. The first-order valence-electron chi connectivity index (χ1n) is 9.21. The highest BCUT2D eigenvalue weighted by Gasteiger charge is 2.20. The van der Waals surface area contributed by atoms with Crippen LogP contribution in [-0.4, -0.2) is 27.3 Å². The Kier molecular flexibility index (Phi) is 7.00. The lowest BCUT2D eigenvalue weighted by Crippen LogP contribution is -2.24. The molecule has 0 radical (unpaired) electrons. The van der Waals surface area contributed by atoms with Crippen LogP contribution in [0.2, 0.25) is 0 Å². The molecule has 0 fully saturated rings. The largest absolute Gasteiger partial charge is 0.322 e. The number of thioether (sulfide) groups is 1. The molecule has 0 saturated carbocycles. The third kappa shape index (κ3) is 5.65. The van der Waals surface area contributed by atoms with E-state index in [9.17, 15) is 9.59 Å². The number of aromatic nitrogens is 2. The molecule has 0 saturated heterocycles. The number of anilines is 2. The average Bonchev–Trinajstić information content (AvgIpc) is 3.11. The van der Waals surface area contributed by atoms with Gasteiger partial charge in [-0.15, -0.1) is 22.0 Å². The molecule has 1 atom stereocenters. The van der Waals surface area contributed by atoms with Gasteiger partial charge in [0, 0.05) is 16.1 Å². The number of hydrogen-bond donors (Lipinski definition) is 2. The normalized spacial score (nSPS) is 11.7. The first-order valence-corrected chi connectivity index (χ1v) is 10.9. The van der Waals surface area contributed by atoms with Crippen molar-refractivity contribution >= 4 is 45.7 Å². The second kappa shape index (κ2) is 9.67. The molecule has 2 aromatic carbocycles. The molecular weight excluding hydrogens is 404 g/mol. The van der Waals surface area contributed by atoms with Gasteiger partial charge in [-0.25, -0.2) is 0 Å². The van der Waals surface area contributed by atoms with Gasteiger partial charge in [0.2, 0.25) is 11.0 Å². The maximum absolute atomic E-state index is 12.6. The predicted molar refractivity (Wildman–Crippen MR) is 119 cm³/mol. The van der Waals surface area contributed by atoms with Crippen molar-refractivity contribution in [2.45, 2.75) is 37.3 Å². The summed E-state index contributed by atoms with van der Waals surface area (Å²) in [5, 5.41) is 14.6. The Balaban J connectivity index is 1.67. The molecular formula is C21H22N4O2S2. The van der Waals surface area contributed by atoms with Crippen LogP contribution in [0, 0.1) is 13.8 Å². The molecule has 2 amide bonds. The number of nitrogens with one attached hydrogen (secondary N) is 2. The van der Waals surface area contributed by atoms with E-state index in [1.807, 2.05) is 63.2 Å². The van der Waals surface area contributed by atoms with Crippen LogP contribution >= 0.6 is 23.1 Å². The highest BCUT2D eigenvalue weighted by Crippen LogP contribution is 2.29. The van der Waals surface area contributed by atoms with Crippen molar-refractivity contribution in [1.82, 2.24) is 10.2 Å². The van der Waals surface area contributed by atoms with Crippen molar-refractivity contribution in [1.29, 1.82) is 0 Å². The molecule has 3 rings (SSSR count). The molecule has 1 aromatic heterocycles. The maximum Gasteiger partial charge on any atom is 0.255 e. The first-order chi connectivity index (χ1) is 14.0. The molecule has 0 aliphatic carbocycles. The van der Waals surface area contributed by atoms with Crippen molar-refractivity contribution in [2.24, 2.45) is 0 Å². The zero-order valence-electron chi connectivity index (χ0n) is 16.4. The quantitative estimate of drug-likeness (QED) is 0.524. The zero-order valence-corrected chi connectivity index (χ0v) is 18.1. The van der Waals surface area contributed by atoms with Gasteiger partial charge in [0.25, 0.3) is 5.91 Å². The minimum absolute atomic E-state index is 0.108. The van der Waals surface area contributed by atoms with Gasteiger partial charge in [0.15, 0.2) is 0 Å². The summed E-state index contributed by atoms with van der Waals surface area (Å²) in [6.45, 7) is 5.72. The lowest BCUT2D eigenvalue weighted by molar-refractivity contribution is -0.115. The van der Waals surface area contributed by atoms with Crippen LogP contribution in [0.4, 0.5) is 10.8 Å². The van der Waals surface area contributed by atoms with Crippen LogP contribution in [-0.2, 0) is 4.79 Å². The van der Waals surface area contributed by atoms with Crippen LogP contribution in [0.25, 0.3) is 0 Å². The van der Waals surface area contributed by atoms with E-state index >= 15 is 0 Å². The van der Waals surface area contributed by atoms with Gasteiger partial charge in [0.1, 0.15) is 5.01 Å². The van der Waals surface area contributed by atoms with E-state index in [-0.39, 0.29) is 17.1 Å². The van der Waals surface area contributed by atoms with Crippen LogP contribution in [0.3, 0.4) is 0 Å². The molecule has 0 spiro atoms. The minimum Gasteiger partial charge on any atom is -0.322 e. The van der Waals surface area contributed by atoms with E-state index in [0.29, 0.717) is 22.8 Å². The van der Waals surface area contributed by atoms with E-state index in [1.54, 1.807) is 6.07 Å². The Morgan fingerprint density at radius 2 is 1.86 bits per heavy atom. The van der Waals surface area contributed by atoms with Gasteiger partial charge in [-0.3, -0.25) is 14.9 Å². The van der Waals surface area contributed by atoms with Gasteiger partial charge in [0.05, 0.1) is 5.25 Å². The number of carbonyl (C=O) groups is 2. The SMILES string of the molecule is CCC(Sc1cccc(NC(=O)c2ccccc2C)c1)C(=O)Nc1nnc(C)s1. The summed E-state index contributed by atoms with van der Waals surface area (Å²) in [4.78, 5) is 26.0. The van der Waals surface area contributed by atoms with Gasteiger partial charge >= 0.3 is 0 Å². The third-order valence-electron chi connectivity index (χ3n) is 4.18. The lowest BCUT2D eigenvalue weighted by Gasteiger charge is -2.14. The smallest absolute Gasteiger partial charge is 0.255 e. The van der Waals surface area contributed by atoms with Crippen molar-refractivity contribution < 1.29 is 9.59 Å². The van der Waals surface area contributed by atoms with Crippen molar-refractivity contribution in [3.05, 3.63) is 64.7 Å². The summed E-state index contributed by atoms with van der Waals surface area (Å²) in [5.41, 5.74) is 2.26. The summed E-state index contributed by atoms with van der Waals surface area (Å²) in [5.74, 6) is -0.260. The molecule has 29 heavy (non-hydrogen) atoms. The first kappa shape index (κ1) is 21.0. The van der Waals surface area contributed by atoms with E-state index in [2.05, 4.69) is 20.8 Å². The Morgan fingerprint density at radius 3 is 2.55 bits per heavy atom. The second-order valence-corrected chi connectivity index (χ2v) is 8.88. The van der Waals surface area contributed by atoms with Crippen molar-refractivity contribution in [2.75, 3.05) is 10.6 Å². The number of rotatable bonds is 7. The molecule has 0 aliphatic heterocycles. The Bertz CT molecular complexity index is 1020. The molecule has 6 nitrogen and oxygen atoms in total.